The van der Waals surface area contributed by atoms with Gasteiger partial charge in [-0.3, -0.25) is 5.84 Å². The first kappa shape index (κ1) is 16.0. The van der Waals surface area contributed by atoms with E-state index in [9.17, 15) is 5.11 Å². The molecule has 23 heavy (non-hydrogen) atoms. The van der Waals surface area contributed by atoms with Crippen molar-refractivity contribution in [1.82, 2.24) is 5.43 Å². The molecule has 0 aliphatic heterocycles. The molecule has 4 rings (SSSR count). The summed E-state index contributed by atoms with van der Waals surface area (Å²) < 4.78 is 0. The van der Waals surface area contributed by atoms with E-state index < -0.39 is 0 Å². The third-order valence-electron chi connectivity index (χ3n) is 8.72. The molecule has 0 aromatic rings. The second-order valence-corrected chi connectivity index (χ2v) is 9.58. The Morgan fingerprint density at radius 1 is 1.09 bits per heavy atom. The maximum absolute atomic E-state index is 10.5. The lowest BCUT2D eigenvalue weighted by molar-refractivity contribution is -0.108. The minimum atomic E-state index is -0.0582. The lowest BCUT2D eigenvalue weighted by Crippen LogP contribution is -2.54. The first-order valence-electron chi connectivity index (χ1n) is 9.76. The summed E-state index contributed by atoms with van der Waals surface area (Å²) in [6.45, 7) is 7.26. The molecule has 0 bridgehead atoms. The van der Waals surface area contributed by atoms with Crippen LogP contribution in [0, 0.1) is 40.4 Å². The molecule has 3 heteroatoms. The Morgan fingerprint density at radius 3 is 2.57 bits per heavy atom. The van der Waals surface area contributed by atoms with Crippen LogP contribution in [0.5, 0.6) is 0 Å². The number of aliphatic hydroxyl groups excluding tert-OH is 1. The van der Waals surface area contributed by atoms with E-state index >= 15 is 0 Å². The van der Waals surface area contributed by atoms with Crippen molar-refractivity contribution in [2.24, 2.45) is 46.3 Å². The van der Waals surface area contributed by atoms with E-state index in [-0.39, 0.29) is 11.5 Å². The van der Waals surface area contributed by atoms with E-state index in [0.29, 0.717) is 17.3 Å². The summed E-state index contributed by atoms with van der Waals surface area (Å²) in [6, 6.07) is 0. The van der Waals surface area contributed by atoms with Crippen molar-refractivity contribution in [1.29, 1.82) is 0 Å². The summed E-state index contributed by atoms with van der Waals surface area (Å²) in [5.74, 6) is 9.39. The summed E-state index contributed by atoms with van der Waals surface area (Å²) in [7, 11) is 0. The average Bonchev–Trinajstić information content (AvgIpc) is 2.82. The summed E-state index contributed by atoms with van der Waals surface area (Å²) >= 11 is 0. The highest BCUT2D eigenvalue weighted by Crippen LogP contribution is 2.66. The van der Waals surface area contributed by atoms with Gasteiger partial charge in [-0.15, -0.1) is 0 Å². The van der Waals surface area contributed by atoms with Gasteiger partial charge < -0.3 is 10.5 Å². The van der Waals surface area contributed by atoms with Gasteiger partial charge in [-0.1, -0.05) is 26.8 Å². The lowest BCUT2D eigenvalue weighted by Gasteiger charge is -2.60. The fourth-order valence-corrected chi connectivity index (χ4v) is 7.38. The number of hydrazine groups is 1. The number of rotatable bonds is 1. The molecule has 0 aromatic heterocycles. The van der Waals surface area contributed by atoms with Crippen molar-refractivity contribution >= 4 is 0 Å². The van der Waals surface area contributed by atoms with Gasteiger partial charge in [0.2, 0.25) is 0 Å². The van der Waals surface area contributed by atoms with Crippen LogP contribution >= 0.6 is 0 Å². The Hall–Kier alpha value is -0.540. The third kappa shape index (κ3) is 2.08. The highest BCUT2D eigenvalue weighted by Gasteiger charge is 2.59. The van der Waals surface area contributed by atoms with E-state index in [1.807, 2.05) is 0 Å². The molecule has 130 valence electrons. The monoisotopic (exact) mass is 318 g/mol. The average molecular weight is 319 g/mol. The van der Waals surface area contributed by atoms with Gasteiger partial charge >= 0.3 is 0 Å². The van der Waals surface area contributed by atoms with Crippen LogP contribution in [0.25, 0.3) is 0 Å². The van der Waals surface area contributed by atoms with Crippen LogP contribution in [-0.4, -0.2) is 11.2 Å². The molecule has 0 heterocycles. The number of nitrogens with one attached hydrogen (secondary N) is 1. The second kappa shape index (κ2) is 5.23. The Morgan fingerprint density at radius 2 is 1.83 bits per heavy atom. The number of hydrogen-bond donors (Lipinski definition) is 3. The molecule has 3 fully saturated rings. The van der Waals surface area contributed by atoms with E-state index in [2.05, 4.69) is 32.3 Å². The summed E-state index contributed by atoms with van der Waals surface area (Å²) in [5.41, 5.74) is 4.83. The maximum atomic E-state index is 10.5. The Kier molecular flexibility index (Phi) is 3.63. The molecule has 0 aromatic carbocycles. The van der Waals surface area contributed by atoms with Gasteiger partial charge in [0.05, 0.1) is 6.10 Å². The molecule has 4 aliphatic carbocycles. The van der Waals surface area contributed by atoms with Crippen molar-refractivity contribution in [2.75, 3.05) is 0 Å². The largest absolute Gasteiger partial charge is 0.393 e. The SMILES string of the molecule is C[C@@H]1C[C@@]2(C)[C@@H](C=C1NN)CC[C@@H]1[C@@H]2CC[C@]2(C)[C@H](O)CC[C@@H]12. The Balaban J connectivity index is 1.65. The maximum Gasteiger partial charge on any atom is 0.0596 e. The van der Waals surface area contributed by atoms with Crippen molar-refractivity contribution in [2.45, 2.75) is 71.8 Å². The molecule has 4 N–H and O–H groups in total. The first-order valence-corrected chi connectivity index (χ1v) is 9.76. The standard InChI is InChI=1S/C20H34N2O/c1-12-11-20(3)13(10-17(12)22-21)4-5-14-15-6-7-18(23)19(15,2)9-8-16(14)20/h10,12-16,18,22-23H,4-9,11,21H2,1-3H3/t12-,13-,14+,15+,16+,18-,19+,20+/m1/s1. The van der Waals surface area contributed by atoms with Gasteiger partial charge in [0.1, 0.15) is 0 Å². The quantitative estimate of drug-likeness (QED) is 0.511. The summed E-state index contributed by atoms with van der Waals surface area (Å²) in [5, 5.41) is 10.5. The van der Waals surface area contributed by atoms with E-state index in [4.69, 9.17) is 5.84 Å². The van der Waals surface area contributed by atoms with E-state index in [0.717, 1.165) is 24.2 Å². The van der Waals surface area contributed by atoms with Crippen LogP contribution in [-0.2, 0) is 0 Å². The lowest BCUT2D eigenvalue weighted by atomic mass is 9.45. The highest BCUT2D eigenvalue weighted by molar-refractivity contribution is 5.19. The van der Waals surface area contributed by atoms with Crippen LogP contribution in [0.1, 0.15) is 65.7 Å². The minimum Gasteiger partial charge on any atom is -0.393 e. The van der Waals surface area contributed by atoms with Crippen LogP contribution in [0.15, 0.2) is 11.8 Å². The van der Waals surface area contributed by atoms with E-state index in [1.54, 1.807) is 0 Å². The molecule has 4 aliphatic rings. The predicted molar refractivity (Wildman–Crippen MR) is 93.1 cm³/mol. The zero-order chi connectivity index (χ0) is 16.4. The zero-order valence-corrected chi connectivity index (χ0v) is 15.0. The third-order valence-corrected chi connectivity index (χ3v) is 8.72. The van der Waals surface area contributed by atoms with Crippen molar-refractivity contribution in [3.05, 3.63) is 11.8 Å². The topological polar surface area (TPSA) is 58.3 Å². The molecule has 0 spiro atoms. The van der Waals surface area contributed by atoms with Gasteiger partial charge in [-0.25, -0.2) is 0 Å². The predicted octanol–water partition coefficient (Wildman–Crippen LogP) is 3.59. The molecular formula is C20H34N2O. The van der Waals surface area contributed by atoms with Crippen molar-refractivity contribution in [3.63, 3.8) is 0 Å². The number of nitrogens with two attached hydrogens (primary N) is 1. The molecule has 0 radical (unpaired) electrons. The molecule has 8 atom stereocenters. The summed E-state index contributed by atoms with van der Waals surface area (Å²) in [6.07, 6.45) is 11.1. The van der Waals surface area contributed by atoms with Crippen LogP contribution in [0.2, 0.25) is 0 Å². The Labute approximate surface area is 141 Å². The zero-order valence-electron chi connectivity index (χ0n) is 15.0. The van der Waals surface area contributed by atoms with Gasteiger partial charge in [-0.2, -0.15) is 0 Å². The molecule has 3 saturated carbocycles. The number of allylic oxidation sites excluding steroid dienone is 2. The van der Waals surface area contributed by atoms with Gasteiger partial charge in [0, 0.05) is 5.70 Å². The minimum absolute atomic E-state index is 0.0582. The normalized spacial score (nSPS) is 55.4. The molecule has 0 unspecified atom stereocenters. The van der Waals surface area contributed by atoms with Gasteiger partial charge in [0.15, 0.2) is 0 Å². The smallest absolute Gasteiger partial charge is 0.0596 e. The molecular weight excluding hydrogens is 284 g/mol. The van der Waals surface area contributed by atoms with Crippen molar-refractivity contribution < 1.29 is 5.11 Å². The fourth-order valence-electron chi connectivity index (χ4n) is 7.38. The molecule has 0 amide bonds. The second-order valence-electron chi connectivity index (χ2n) is 9.58. The van der Waals surface area contributed by atoms with Crippen molar-refractivity contribution in [3.8, 4) is 0 Å². The summed E-state index contributed by atoms with van der Waals surface area (Å²) in [4.78, 5) is 0. The van der Waals surface area contributed by atoms with Gasteiger partial charge in [-0.05, 0) is 85.4 Å². The molecule has 0 saturated heterocycles. The highest BCUT2D eigenvalue weighted by atomic mass is 16.3. The van der Waals surface area contributed by atoms with Gasteiger partial charge in [0.25, 0.3) is 0 Å². The number of aliphatic hydroxyl groups is 1. The molecule has 3 nitrogen and oxygen atoms in total. The number of hydrogen-bond acceptors (Lipinski definition) is 3. The van der Waals surface area contributed by atoms with Crippen LogP contribution < -0.4 is 11.3 Å². The first-order chi connectivity index (χ1) is 10.9. The Bertz CT molecular complexity index is 518. The van der Waals surface area contributed by atoms with E-state index in [1.165, 1.54) is 44.2 Å². The number of fused-ring (bicyclic) bond motifs is 5. The fraction of sp³-hybridized carbons (Fsp3) is 0.900. The van der Waals surface area contributed by atoms with Crippen LogP contribution in [0.4, 0.5) is 0 Å². The van der Waals surface area contributed by atoms with Crippen LogP contribution in [0.3, 0.4) is 0 Å².